The second kappa shape index (κ2) is 5.67. The number of aromatic nitrogens is 1. The molecule has 1 atom stereocenters. The number of aryl methyl sites for hydroxylation is 1. The number of furan rings is 1. The number of amides is 1. The number of fused-ring (bicyclic) bond motifs is 1. The molecule has 1 saturated carbocycles. The molecule has 4 rings (SSSR count). The fraction of sp³-hybridized carbons (Fsp3) is 0.263. The lowest BCUT2D eigenvalue weighted by atomic mass is 10.1. The zero-order valence-corrected chi connectivity index (χ0v) is 13.3. The molecule has 0 unspecified atom stereocenters. The molecule has 5 nitrogen and oxygen atoms in total. The Labute approximate surface area is 138 Å². The van der Waals surface area contributed by atoms with Crippen LogP contribution in [0.3, 0.4) is 0 Å². The summed E-state index contributed by atoms with van der Waals surface area (Å²) in [6, 6.07) is 11.0. The van der Waals surface area contributed by atoms with Gasteiger partial charge in [-0.25, -0.2) is 0 Å². The number of aromatic amines is 1. The molecule has 2 aromatic heterocycles. The third kappa shape index (κ3) is 2.73. The first kappa shape index (κ1) is 14.8. The lowest BCUT2D eigenvalue weighted by Crippen LogP contribution is -2.33. The Hall–Kier alpha value is -2.82. The van der Waals surface area contributed by atoms with E-state index in [0.717, 1.165) is 35.3 Å². The van der Waals surface area contributed by atoms with Crippen LogP contribution in [0, 0.1) is 12.8 Å². The van der Waals surface area contributed by atoms with Gasteiger partial charge in [-0.3, -0.25) is 9.59 Å². The van der Waals surface area contributed by atoms with E-state index in [1.165, 1.54) is 12.3 Å². The number of pyridine rings is 1. The minimum atomic E-state index is -0.367. The number of nitrogens with one attached hydrogen (secondary N) is 2. The van der Waals surface area contributed by atoms with Gasteiger partial charge in [0.1, 0.15) is 16.9 Å². The van der Waals surface area contributed by atoms with Crippen molar-refractivity contribution in [1.82, 2.24) is 10.3 Å². The van der Waals surface area contributed by atoms with Crippen molar-refractivity contribution in [2.24, 2.45) is 5.92 Å². The number of benzene rings is 1. The molecule has 5 heteroatoms. The maximum Gasteiger partial charge on any atom is 0.257 e. The van der Waals surface area contributed by atoms with Crippen molar-refractivity contribution in [3.8, 4) is 0 Å². The summed E-state index contributed by atoms with van der Waals surface area (Å²) in [5.74, 6) is 0.739. The predicted molar refractivity (Wildman–Crippen MR) is 90.9 cm³/mol. The van der Waals surface area contributed by atoms with Crippen LogP contribution in [-0.2, 0) is 0 Å². The Bertz CT molecular complexity index is 933. The van der Waals surface area contributed by atoms with E-state index in [0.29, 0.717) is 5.92 Å². The van der Waals surface area contributed by atoms with E-state index in [1.807, 2.05) is 30.3 Å². The molecular weight excluding hydrogens is 304 g/mol. The molecule has 0 aliphatic heterocycles. The fourth-order valence-corrected chi connectivity index (χ4v) is 2.98. The van der Waals surface area contributed by atoms with Crippen LogP contribution in [0.25, 0.3) is 11.0 Å². The van der Waals surface area contributed by atoms with Crippen LogP contribution in [0.2, 0.25) is 0 Å². The number of para-hydroxylation sites is 1. The van der Waals surface area contributed by atoms with Crippen molar-refractivity contribution in [1.29, 1.82) is 0 Å². The molecule has 1 fully saturated rings. The van der Waals surface area contributed by atoms with Gasteiger partial charge in [0.15, 0.2) is 5.43 Å². The van der Waals surface area contributed by atoms with E-state index in [1.54, 1.807) is 6.92 Å². The lowest BCUT2D eigenvalue weighted by molar-refractivity contribution is 0.0925. The zero-order chi connectivity index (χ0) is 16.7. The zero-order valence-electron chi connectivity index (χ0n) is 13.3. The van der Waals surface area contributed by atoms with Gasteiger partial charge in [-0.05, 0) is 37.8 Å². The average molecular weight is 322 g/mol. The molecule has 0 saturated heterocycles. The Morgan fingerprint density at radius 1 is 1.29 bits per heavy atom. The summed E-state index contributed by atoms with van der Waals surface area (Å²) >= 11 is 0. The Morgan fingerprint density at radius 3 is 2.79 bits per heavy atom. The number of carbonyl (C=O) groups is 1. The third-order valence-corrected chi connectivity index (χ3v) is 4.43. The molecule has 2 N–H and O–H groups in total. The number of rotatable bonds is 4. The Morgan fingerprint density at radius 2 is 2.08 bits per heavy atom. The molecule has 1 amide bonds. The number of carbonyl (C=O) groups excluding carboxylic acids is 1. The van der Waals surface area contributed by atoms with Crippen molar-refractivity contribution in [2.45, 2.75) is 25.8 Å². The van der Waals surface area contributed by atoms with Gasteiger partial charge in [-0.15, -0.1) is 0 Å². The quantitative estimate of drug-likeness (QED) is 0.774. The maximum absolute atomic E-state index is 12.5. The Kier molecular flexibility index (Phi) is 3.49. The summed E-state index contributed by atoms with van der Waals surface area (Å²) in [4.78, 5) is 27.5. The molecule has 1 aromatic carbocycles. The van der Waals surface area contributed by atoms with Crippen molar-refractivity contribution in [2.75, 3.05) is 0 Å². The SMILES string of the molecule is Cc1cc(=O)c(C(=O)N[C@H](c2cc3ccccc3o2)C2CC2)c[nH]1. The monoisotopic (exact) mass is 322 g/mol. The molecule has 3 aromatic rings. The molecule has 24 heavy (non-hydrogen) atoms. The van der Waals surface area contributed by atoms with Crippen LogP contribution < -0.4 is 10.7 Å². The van der Waals surface area contributed by atoms with Gasteiger partial charge in [0, 0.05) is 23.3 Å². The number of H-pyrrole nitrogens is 1. The highest BCUT2D eigenvalue weighted by Gasteiger charge is 2.36. The minimum Gasteiger partial charge on any atom is -0.459 e. The van der Waals surface area contributed by atoms with E-state index in [4.69, 9.17) is 4.42 Å². The first-order chi connectivity index (χ1) is 11.6. The topological polar surface area (TPSA) is 75.1 Å². The van der Waals surface area contributed by atoms with Crippen molar-refractivity contribution >= 4 is 16.9 Å². The molecule has 1 aliphatic rings. The normalized spacial score (nSPS) is 15.4. The van der Waals surface area contributed by atoms with Crippen LogP contribution in [-0.4, -0.2) is 10.9 Å². The molecule has 0 spiro atoms. The Balaban J connectivity index is 1.64. The third-order valence-electron chi connectivity index (χ3n) is 4.43. The summed E-state index contributed by atoms with van der Waals surface area (Å²) in [5, 5.41) is 3.99. The maximum atomic E-state index is 12.5. The van der Waals surface area contributed by atoms with Gasteiger partial charge in [-0.2, -0.15) is 0 Å². The molecular formula is C19H18N2O3. The molecule has 122 valence electrons. The smallest absolute Gasteiger partial charge is 0.257 e. The molecule has 0 bridgehead atoms. The fourth-order valence-electron chi connectivity index (χ4n) is 2.98. The second-order valence-corrected chi connectivity index (χ2v) is 6.37. The standard InChI is InChI=1S/C19H18N2O3/c1-11-8-15(22)14(10-20-11)19(23)21-18(12-6-7-12)17-9-13-4-2-3-5-16(13)24-17/h2-5,8-10,12,18H,6-7H2,1H3,(H,20,22)(H,21,23)/t18-/m0/s1. The first-order valence-corrected chi connectivity index (χ1v) is 8.10. The molecule has 0 radical (unpaired) electrons. The van der Waals surface area contributed by atoms with E-state index < -0.39 is 0 Å². The summed E-state index contributed by atoms with van der Waals surface area (Å²) in [7, 11) is 0. The lowest BCUT2D eigenvalue weighted by Gasteiger charge is -2.15. The summed E-state index contributed by atoms with van der Waals surface area (Å²) in [6.07, 6.45) is 3.56. The van der Waals surface area contributed by atoms with E-state index >= 15 is 0 Å². The van der Waals surface area contributed by atoms with Gasteiger partial charge < -0.3 is 14.7 Å². The average Bonchev–Trinajstić information content (AvgIpc) is 3.30. The molecule has 1 aliphatic carbocycles. The predicted octanol–water partition coefficient (Wildman–Crippen LogP) is 3.31. The van der Waals surface area contributed by atoms with Crippen LogP contribution >= 0.6 is 0 Å². The van der Waals surface area contributed by atoms with Crippen molar-refractivity contribution in [3.05, 3.63) is 69.8 Å². The summed E-state index contributed by atoms with van der Waals surface area (Å²) in [6.45, 7) is 1.78. The van der Waals surface area contributed by atoms with Crippen LogP contribution in [0.5, 0.6) is 0 Å². The van der Waals surface area contributed by atoms with Crippen molar-refractivity contribution < 1.29 is 9.21 Å². The number of hydrogen-bond acceptors (Lipinski definition) is 3. The van der Waals surface area contributed by atoms with E-state index in [2.05, 4.69) is 10.3 Å². The van der Waals surface area contributed by atoms with Crippen LogP contribution in [0.15, 0.2) is 51.8 Å². The second-order valence-electron chi connectivity index (χ2n) is 6.37. The highest BCUT2D eigenvalue weighted by atomic mass is 16.3. The van der Waals surface area contributed by atoms with Crippen LogP contribution in [0.1, 0.15) is 40.7 Å². The largest absolute Gasteiger partial charge is 0.459 e. The minimum absolute atomic E-state index is 0.127. The van der Waals surface area contributed by atoms with Gasteiger partial charge in [0.05, 0.1) is 6.04 Å². The van der Waals surface area contributed by atoms with Gasteiger partial charge in [-0.1, -0.05) is 18.2 Å². The highest BCUT2D eigenvalue weighted by Crippen LogP contribution is 2.42. The number of hydrogen-bond donors (Lipinski definition) is 2. The van der Waals surface area contributed by atoms with Crippen LogP contribution in [0.4, 0.5) is 0 Å². The summed E-state index contributed by atoms with van der Waals surface area (Å²) in [5.41, 5.74) is 1.39. The van der Waals surface area contributed by atoms with E-state index in [-0.39, 0.29) is 22.9 Å². The van der Waals surface area contributed by atoms with E-state index in [9.17, 15) is 9.59 Å². The summed E-state index contributed by atoms with van der Waals surface area (Å²) < 4.78 is 5.92. The highest BCUT2D eigenvalue weighted by molar-refractivity contribution is 5.94. The van der Waals surface area contributed by atoms with Gasteiger partial charge in [0.25, 0.3) is 5.91 Å². The van der Waals surface area contributed by atoms with Gasteiger partial charge >= 0.3 is 0 Å². The van der Waals surface area contributed by atoms with Gasteiger partial charge in [0.2, 0.25) is 0 Å². The molecule has 2 heterocycles. The first-order valence-electron chi connectivity index (χ1n) is 8.10. The van der Waals surface area contributed by atoms with Crippen molar-refractivity contribution in [3.63, 3.8) is 0 Å².